The lowest BCUT2D eigenvalue weighted by Gasteiger charge is -2.32. The van der Waals surface area contributed by atoms with Gasteiger partial charge in [-0.25, -0.2) is 4.98 Å². The number of nitrogens with two attached hydrogens (primary N) is 1. The fourth-order valence-electron chi connectivity index (χ4n) is 2.80. The average Bonchev–Trinajstić information content (AvgIpc) is 2.20. The second kappa shape index (κ2) is 4.73. The first-order valence-corrected chi connectivity index (χ1v) is 6.12. The maximum atomic E-state index is 5.88. The van der Waals surface area contributed by atoms with E-state index in [0.717, 1.165) is 23.3 Å². The summed E-state index contributed by atoms with van der Waals surface area (Å²) in [6.45, 7) is 4.65. The van der Waals surface area contributed by atoms with Gasteiger partial charge >= 0.3 is 0 Å². The summed E-state index contributed by atoms with van der Waals surface area (Å²) < 4.78 is 0. The van der Waals surface area contributed by atoms with Crippen LogP contribution in [0.3, 0.4) is 0 Å². The van der Waals surface area contributed by atoms with Crippen LogP contribution in [-0.2, 0) is 0 Å². The van der Waals surface area contributed by atoms with Crippen LogP contribution in [0.4, 0.5) is 11.5 Å². The zero-order chi connectivity index (χ0) is 11.5. The fraction of sp³-hybridized carbons (Fsp3) is 0.615. The highest BCUT2D eigenvalue weighted by Gasteiger charge is 2.24. The topological polar surface area (TPSA) is 50.9 Å². The summed E-state index contributed by atoms with van der Waals surface area (Å²) in [7, 11) is 0. The van der Waals surface area contributed by atoms with Crippen molar-refractivity contribution < 1.29 is 0 Å². The number of aromatic nitrogens is 1. The van der Waals surface area contributed by atoms with Crippen LogP contribution in [0.15, 0.2) is 18.3 Å². The number of nitrogen functional groups attached to an aromatic ring is 1. The molecule has 1 heterocycles. The smallest absolute Gasteiger partial charge is 0.149 e. The lowest BCUT2D eigenvalue weighted by Crippen LogP contribution is -2.30. The summed E-state index contributed by atoms with van der Waals surface area (Å²) in [6, 6.07) is 4.29. The van der Waals surface area contributed by atoms with E-state index in [9.17, 15) is 0 Å². The van der Waals surface area contributed by atoms with Gasteiger partial charge in [0.15, 0.2) is 0 Å². The lowest BCUT2D eigenvalue weighted by atomic mass is 9.80. The third-order valence-electron chi connectivity index (χ3n) is 3.36. The van der Waals surface area contributed by atoms with E-state index >= 15 is 0 Å². The third-order valence-corrected chi connectivity index (χ3v) is 3.36. The molecule has 0 amide bonds. The highest BCUT2D eigenvalue weighted by atomic mass is 15.0. The van der Waals surface area contributed by atoms with Crippen LogP contribution in [0.5, 0.6) is 0 Å². The predicted octanol–water partition coefficient (Wildman–Crippen LogP) is 2.90. The Bertz CT molecular complexity index is 341. The molecule has 0 radical (unpaired) electrons. The van der Waals surface area contributed by atoms with Crippen molar-refractivity contribution in [2.45, 2.75) is 39.2 Å². The van der Waals surface area contributed by atoms with Crippen LogP contribution < -0.4 is 11.1 Å². The summed E-state index contributed by atoms with van der Waals surface area (Å²) >= 11 is 0. The Kier molecular flexibility index (Phi) is 3.32. The quantitative estimate of drug-likeness (QED) is 0.804. The van der Waals surface area contributed by atoms with Crippen molar-refractivity contribution in [2.24, 2.45) is 11.8 Å². The molecule has 0 aromatic carbocycles. The number of pyridine rings is 1. The molecule has 2 unspecified atom stereocenters. The van der Waals surface area contributed by atoms with Crippen molar-refractivity contribution in [2.75, 3.05) is 11.1 Å². The molecule has 3 heteroatoms. The van der Waals surface area contributed by atoms with Crippen LogP contribution in [0.1, 0.15) is 33.1 Å². The summed E-state index contributed by atoms with van der Waals surface area (Å²) in [5, 5.41) is 3.47. The number of rotatable bonds is 2. The van der Waals surface area contributed by atoms with Crippen molar-refractivity contribution in [3.05, 3.63) is 18.3 Å². The molecule has 1 aliphatic rings. The van der Waals surface area contributed by atoms with Crippen molar-refractivity contribution in [1.82, 2.24) is 4.98 Å². The Morgan fingerprint density at radius 1 is 1.25 bits per heavy atom. The van der Waals surface area contributed by atoms with Crippen LogP contribution in [0.25, 0.3) is 0 Å². The summed E-state index contributed by atoms with van der Waals surface area (Å²) in [6.07, 6.45) is 5.57. The second-order valence-corrected chi connectivity index (χ2v) is 5.20. The van der Waals surface area contributed by atoms with Gasteiger partial charge in [-0.3, -0.25) is 0 Å². The molecule has 0 saturated heterocycles. The number of nitrogens with zero attached hydrogens (tertiary/aromatic N) is 1. The highest BCUT2D eigenvalue weighted by molar-refractivity contribution is 5.60. The minimum Gasteiger partial charge on any atom is -0.396 e. The van der Waals surface area contributed by atoms with E-state index in [4.69, 9.17) is 5.73 Å². The van der Waals surface area contributed by atoms with E-state index in [2.05, 4.69) is 24.1 Å². The van der Waals surface area contributed by atoms with E-state index in [1.54, 1.807) is 6.20 Å². The molecular formula is C13H21N3. The van der Waals surface area contributed by atoms with E-state index in [1.165, 1.54) is 19.3 Å². The summed E-state index contributed by atoms with van der Waals surface area (Å²) in [5.41, 5.74) is 6.63. The Morgan fingerprint density at radius 3 is 2.56 bits per heavy atom. The van der Waals surface area contributed by atoms with Crippen molar-refractivity contribution >= 4 is 11.5 Å². The molecule has 0 spiro atoms. The summed E-state index contributed by atoms with van der Waals surface area (Å²) in [4.78, 5) is 4.29. The highest BCUT2D eigenvalue weighted by Crippen LogP contribution is 2.30. The van der Waals surface area contributed by atoms with Gasteiger partial charge in [-0.05, 0) is 43.2 Å². The van der Waals surface area contributed by atoms with Gasteiger partial charge in [-0.15, -0.1) is 0 Å². The van der Waals surface area contributed by atoms with Gasteiger partial charge in [-0.1, -0.05) is 13.8 Å². The maximum absolute atomic E-state index is 5.88. The molecule has 0 bridgehead atoms. The molecule has 1 saturated carbocycles. The molecule has 2 rings (SSSR count). The molecule has 1 fully saturated rings. The van der Waals surface area contributed by atoms with Crippen LogP contribution in [-0.4, -0.2) is 11.0 Å². The zero-order valence-electron chi connectivity index (χ0n) is 10.1. The first-order chi connectivity index (χ1) is 7.65. The molecule has 88 valence electrons. The molecular weight excluding hydrogens is 198 g/mol. The van der Waals surface area contributed by atoms with Crippen molar-refractivity contribution in [3.63, 3.8) is 0 Å². The Hall–Kier alpha value is -1.25. The zero-order valence-corrected chi connectivity index (χ0v) is 10.1. The van der Waals surface area contributed by atoms with Gasteiger partial charge in [0.25, 0.3) is 0 Å². The molecule has 1 aliphatic carbocycles. The summed E-state index contributed by atoms with van der Waals surface area (Å²) in [5.74, 6) is 2.44. The standard InChI is InChI=1S/C13H21N3/c1-9-6-10(2)8-11(7-9)16-13-12(14)4-3-5-15-13/h3-5,9-11H,6-8,14H2,1-2H3,(H,15,16). The molecule has 3 N–H and O–H groups in total. The average molecular weight is 219 g/mol. The van der Waals surface area contributed by atoms with Gasteiger partial charge < -0.3 is 11.1 Å². The van der Waals surface area contributed by atoms with Crippen LogP contribution in [0.2, 0.25) is 0 Å². The predicted molar refractivity (Wildman–Crippen MR) is 68.2 cm³/mol. The first kappa shape index (κ1) is 11.2. The molecule has 16 heavy (non-hydrogen) atoms. The van der Waals surface area contributed by atoms with Gasteiger partial charge in [0.2, 0.25) is 0 Å². The number of hydrogen-bond donors (Lipinski definition) is 2. The molecule has 0 aliphatic heterocycles. The molecule has 2 atom stereocenters. The number of hydrogen-bond acceptors (Lipinski definition) is 3. The van der Waals surface area contributed by atoms with Gasteiger partial charge in [0, 0.05) is 12.2 Å². The molecule has 1 aromatic heterocycles. The Morgan fingerprint density at radius 2 is 1.94 bits per heavy atom. The SMILES string of the molecule is CC1CC(C)CC(Nc2ncccc2N)C1. The van der Waals surface area contributed by atoms with Crippen molar-refractivity contribution in [1.29, 1.82) is 0 Å². The fourth-order valence-corrected chi connectivity index (χ4v) is 2.80. The maximum Gasteiger partial charge on any atom is 0.149 e. The third kappa shape index (κ3) is 2.65. The molecule has 3 nitrogen and oxygen atoms in total. The largest absolute Gasteiger partial charge is 0.396 e. The van der Waals surface area contributed by atoms with E-state index in [1.807, 2.05) is 12.1 Å². The van der Waals surface area contributed by atoms with E-state index in [0.29, 0.717) is 6.04 Å². The van der Waals surface area contributed by atoms with E-state index < -0.39 is 0 Å². The van der Waals surface area contributed by atoms with Crippen LogP contribution in [0, 0.1) is 11.8 Å². The van der Waals surface area contributed by atoms with E-state index in [-0.39, 0.29) is 0 Å². The monoisotopic (exact) mass is 219 g/mol. The van der Waals surface area contributed by atoms with Gasteiger partial charge in [0.1, 0.15) is 5.82 Å². The van der Waals surface area contributed by atoms with Crippen molar-refractivity contribution in [3.8, 4) is 0 Å². The lowest BCUT2D eigenvalue weighted by molar-refractivity contribution is 0.280. The minimum atomic E-state index is 0.524. The van der Waals surface area contributed by atoms with Gasteiger partial charge in [-0.2, -0.15) is 0 Å². The molecule has 1 aromatic rings. The normalized spacial score (nSPS) is 30.0. The number of nitrogens with one attached hydrogen (secondary N) is 1. The Balaban J connectivity index is 2.02. The first-order valence-electron chi connectivity index (χ1n) is 6.12. The minimum absolute atomic E-state index is 0.524. The number of anilines is 2. The van der Waals surface area contributed by atoms with Crippen LogP contribution >= 0.6 is 0 Å². The second-order valence-electron chi connectivity index (χ2n) is 5.20. The Labute approximate surface area is 97.5 Å². The van der Waals surface area contributed by atoms with Gasteiger partial charge in [0.05, 0.1) is 5.69 Å².